The van der Waals surface area contributed by atoms with Crippen LogP contribution in [0.3, 0.4) is 0 Å². The summed E-state index contributed by atoms with van der Waals surface area (Å²) in [7, 11) is 0. The zero-order valence-electron chi connectivity index (χ0n) is 10.8. The maximum atomic E-state index is 10.9. The van der Waals surface area contributed by atoms with Gasteiger partial charge in [0.05, 0.1) is 22.5 Å². The van der Waals surface area contributed by atoms with Gasteiger partial charge in [-0.2, -0.15) is 0 Å². The fourth-order valence-corrected chi connectivity index (χ4v) is 1.91. The molecule has 1 aromatic carbocycles. The van der Waals surface area contributed by atoms with Gasteiger partial charge in [0.15, 0.2) is 0 Å². The first-order valence-corrected chi connectivity index (χ1v) is 5.90. The van der Waals surface area contributed by atoms with E-state index in [-0.39, 0.29) is 10.6 Å². The van der Waals surface area contributed by atoms with Crippen molar-refractivity contribution in [3.8, 4) is 5.69 Å². The fraction of sp³-hybridized carbons (Fsp3) is 0.333. The van der Waals surface area contributed by atoms with Gasteiger partial charge in [-0.15, -0.1) is 5.10 Å². The lowest BCUT2D eigenvalue weighted by Gasteiger charge is -2.06. The molecule has 2 aromatic rings. The minimum Gasteiger partial charge on any atom is -0.330 e. The van der Waals surface area contributed by atoms with Gasteiger partial charge >= 0.3 is 0 Å². The van der Waals surface area contributed by atoms with Gasteiger partial charge in [0, 0.05) is 18.1 Å². The number of benzene rings is 1. The molecule has 0 atom stereocenters. The van der Waals surface area contributed by atoms with Crippen LogP contribution >= 0.6 is 0 Å². The maximum absolute atomic E-state index is 10.9. The predicted molar refractivity (Wildman–Crippen MR) is 70.2 cm³/mol. The number of hydrogen-bond donors (Lipinski definition) is 1. The number of nitro benzene ring substituents is 1. The van der Waals surface area contributed by atoms with Gasteiger partial charge in [0.25, 0.3) is 5.69 Å². The van der Waals surface area contributed by atoms with Crippen molar-refractivity contribution in [1.29, 1.82) is 0 Å². The van der Waals surface area contributed by atoms with Gasteiger partial charge in [-0.25, -0.2) is 4.68 Å². The van der Waals surface area contributed by atoms with E-state index in [0.29, 0.717) is 18.5 Å². The topological polar surface area (TPSA) is 99.9 Å². The summed E-state index contributed by atoms with van der Waals surface area (Å²) in [6, 6.07) is 3.29. The zero-order valence-corrected chi connectivity index (χ0v) is 10.8. The smallest absolute Gasteiger partial charge is 0.272 e. The third-order valence-corrected chi connectivity index (χ3v) is 2.90. The van der Waals surface area contributed by atoms with E-state index < -0.39 is 0 Å². The Bertz CT molecular complexity index is 621. The van der Waals surface area contributed by atoms with Crippen LogP contribution in [0.1, 0.15) is 16.8 Å². The molecule has 1 aromatic heterocycles. The Morgan fingerprint density at radius 3 is 2.74 bits per heavy atom. The number of hydrogen-bond acceptors (Lipinski definition) is 5. The summed E-state index contributed by atoms with van der Waals surface area (Å²) in [6.07, 6.45) is 2.45. The summed E-state index contributed by atoms with van der Waals surface area (Å²) in [5, 5.41) is 18.9. The number of rotatable bonds is 4. The lowest BCUT2D eigenvalue weighted by Crippen LogP contribution is -2.03. The van der Waals surface area contributed by atoms with Gasteiger partial charge in [-0.1, -0.05) is 5.21 Å². The number of aryl methyl sites for hydroxylation is 2. The van der Waals surface area contributed by atoms with E-state index in [1.54, 1.807) is 29.9 Å². The first-order valence-electron chi connectivity index (χ1n) is 5.90. The molecule has 0 radical (unpaired) electrons. The molecule has 2 N–H and O–H groups in total. The van der Waals surface area contributed by atoms with Crippen molar-refractivity contribution in [3.63, 3.8) is 0 Å². The highest BCUT2D eigenvalue weighted by Crippen LogP contribution is 2.24. The molecule has 0 saturated heterocycles. The van der Waals surface area contributed by atoms with Crippen LogP contribution in [-0.2, 0) is 6.42 Å². The molecule has 0 bridgehead atoms. The largest absolute Gasteiger partial charge is 0.330 e. The summed E-state index contributed by atoms with van der Waals surface area (Å²) < 4.78 is 1.62. The second-order valence-corrected chi connectivity index (χ2v) is 4.38. The molecule has 7 heteroatoms. The molecule has 1 heterocycles. The van der Waals surface area contributed by atoms with E-state index in [4.69, 9.17) is 5.73 Å². The molecule has 7 nitrogen and oxygen atoms in total. The first-order chi connectivity index (χ1) is 9.02. The second-order valence-electron chi connectivity index (χ2n) is 4.38. The Labute approximate surface area is 110 Å². The van der Waals surface area contributed by atoms with Crippen LogP contribution in [0.2, 0.25) is 0 Å². The minimum atomic E-state index is -0.382. The predicted octanol–water partition coefficient (Wildman–Crippen LogP) is 1.29. The third-order valence-electron chi connectivity index (χ3n) is 2.90. The molecular weight excluding hydrogens is 246 g/mol. The second kappa shape index (κ2) is 5.15. The fourth-order valence-electron chi connectivity index (χ4n) is 1.91. The van der Waals surface area contributed by atoms with Gasteiger partial charge in [-0.3, -0.25) is 10.1 Å². The number of aromatic nitrogens is 3. The summed E-state index contributed by atoms with van der Waals surface area (Å²) in [5.41, 5.74) is 8.55. The summed E-state index contributed by atoms with van der Waals surface area (Å²) in [4.78, 5) is 10.5. The zero-order chi connectivity index (χ0) is 14.0. The van der Waals surface area contributed by atoms with Crippen molar-refractivity contribution >= 4 is 5.69 Å². The Kier molecular flexibility index (Phi) is 3.57. The Balaban J connectivity index is 2.44. The number of nitrogens with zero attached hydrogens (tertiary/aromatic N) is 4. The number of nitro groups is 1. The molecule has 0 aliphatic rings. The van der Waals surface area contributed by atoms with E-state index >= 15 is 0 Å². The van der Waals surface area contributed by atoms with Crippen LogP contribution in [0, 0.1) is 24.0 Å². The van der Waals surface area contributed by atoms with Gasteiger partial charge < -0.3 is 5.73 Å². The highest BCUT2D eigenvalue weighted by atomic mass is 16.6. The van der Waals surface area contributed by atoms with Crippen LogP contribution in [-0.4, -0.2) is 26.5 Å². The van der Waals surface area contributed by atoms with Crippen molar-refractivity contribution < 1.29 is 4.92 Å². The molecule has 0 amide bonds. The molecule has 0 aliphatic carbocycles. The summed E-state index contributed by atoms with van der Waals surface area (Å²) >= 11 is 0. The first kappa shape index (κ1) is 13.2. The standard InChI is InChI=1S/C12H15N5O2/c1-8-6-12(17(18)19)9(2)5-11(8)16-7-10(3-4-13)14-15-16/h5-7H,3-4,13H2,1-2H3. The van der Waals surface area contributed by atoms with Gasteiger partial charge in [-0.05, 0) is 32.0 Å². The molecule has 0 aliphatic heterocycles. The van der Waals surface area contributed by atoms with Crippen molar-refractivity contribution in [2.75, 3.05) is 6.54 Å². The molecule has 2 rings (SSSR count). The highest BCUT2D eigenvalue weighted by Gasteiger charge is 2.15. The van der Waals surface area contributed by atoms with E-state index in [9.17, 15) is 10.1 Å². The van der Waals surface area contributed by atoms with Crippen molar-refractivity contribution in [3.05, 3.63) is 45.3 Å². The Morgan fingerprint density at radius 1 is 1.37 bits per heavy atom. The summed E-state index contributed by atoms with van der Waals surface area (Å²) in [6.45, 7) is 4.03. The Hall–Kier alpha value is -2.28. The van der Waals surface area contributed by atoms with Crippen molar-refractivity contribution in [2.45, 2.75) is 20.3 Å². The Morgan fingerprint density at radius 2 is 2.11 bits per heavy atom. The molecule has 100 valence electrons. The van der Waals surface area contributed by atoms with Crippen LogP contribution < -0.4 is 5.73 Å². The van der Waals surface area contributed by atoms with Crippen LogP contribution in [0.5, 0.6) is 0 Å². The lowest BCUT2D eigenvalue weighted by atomic mass is 10.1. The van der Waals surface area contributed by atoms with Crippen LogP contribution in [0.25, 0.3) is 5.69 Å². The maximum Gasteiger partial charge on any atom is 0.272 e. The van der Waals surface area contributed by atoms with Crippen LogP contribution in [0.4, 0.5) is 5.69 Å². The highest BCUT2D eigenvalue weighted by molar-refractivity contribution is 5.52. The van der Waals surface area contributed by atoms with E-state index in [0.717, 1.165) is 16.9 Å². The monoisotopic (exact) mass is 261 g/mol. The molecular formula is C12H15N5O2. The summed E-state index contributed by atoms with van der Waals surface area (Å²) in [5.74, 6) is 0. The average Bonchev–Trinajstić information content (AvgIpc) is 2.80. The van der Waals surface area contributed by atoms with Gasteiger partial charge in [0.2, 0.25) is 0 Å². The lowest BCUT2D eigenvalue weighted by molar-refractivity contribution is -0.385. The molecule has 19 heavy (non-hydrogen) atoms. The SMILES string of the molecule is Cc1cc([N+](=O)[O-])c(C)cc1-n1cc(CCN)nn1. The molecule has 0 unspecified atom stereocenters. The van der Waals surface area contributed by atoms with Crippen molar-refractivity contribution in [2.24, 2.45) is 5.73 Å². The quantitative estimate of drug-likeness (QED) is 0.660. The average molecular weight is 261 g/mol. The number of nitrogens with two attached hydrogens (primary N) is 1. The van der Waals surface area contributed by atoms with Crippen molar-refractivity contribution in [1.82, 2.24) is 15.0 Å². The van der Waals surface area contributed by atoms with E-state index in [2.05, 4.69) is 10.3 Å². The minimum absolute atomic E-state index is 0.114. The van der Waals surface area contributed by atoms with E-state index in [1.165, 1.54) is 0 Å². The van der Waals surface area contributed by atoms with E-state index in [1.807, 2.05) is 6.92 Å². The third kappa shape index (κ3) is 2.60. The van der Waals surface area contributed by atoms with Crippen LogP contribution in [0.15, 0.2) is 18.3 Å². The molecule has 0 saturated carbocycles. The molecule has 0 spiro atoms. The van der Waals surface area contributed by atoms with Gasteiger partial charge in [0.1, 0.15) is 0 Å². The molecule has 0 fully saturated rings. The normalized spacial score (nSPS) is 10.7.